The van der Waals surface area contributed by atoms with E-state index in [1.54, 1.807) is 24.3 Å². The summed E-state index contributed by atoms with van der Waals surface area (Å²) in [7, 11) is 0. The minimum absolute atomic E-state index is 0.399. The Bertz CT molecular complexity index is 658. The lowest BCUT2D eigenvalue weighted by molar-refractivity contribution is -0.154. The molecule has 0 unspecified atom stereocenters. The Labute approximate surface area is 126 Å². The van der Waals surface area contributed by atoms with Crippen LogP contribution in [0.3, 0.4) is 0 Å². The van der Waals surface area contributed by atoms with Crippen molar-refractivity contribution in [2.24, 2.45) is 0 Å². The summed E-state index contributed by atoms with van der Waals surface area (Å²) in [6.45, 7) is 0. The standard InChI is InChI=1S/C14H8Br2O3/c15-7-1-3-11-9(5-7)10-6-8(16)2-4-12(10)14(11,19)13(17)18/h1-6,19H,(H,17,18). The molecule has 3 nitrogen and oxygen atoms in total. The molecule has 0 fully saturated rings. The average molecular weight is 384 g/mol. The second-order valence-corrected chi connectivity index (χ2v) is 6.23. The predicted molar refractivity (Wildman–Crippen MR) is 77.9 cm³/mol. The highest BCUT2D eigenvalue weighted by Crippen LogP contribution is 2.49. The smallest absolute Gasteiger partial charge is 0.345 e. The van der Waals surface area contributed by atoms with E-state index in [9.17, 15) is 15.0 Å². The van der Waals surface area contributed by atoms with Gasteiger partial charge in [0.1, 0.15) is 0 Å². The number of carboxylic acids is 1. The van der Waals surface area contributed by atoms with E-state index in [0.29, 0.717) is 11.1 Å². The second-order valence-electron chi connectivity index (χ2n) is 4.40. The molecule has 0 saturated heterocycles. The molecule has 0 aliphatic heterocycles. The van der Waals surface area contributed by atoms with Crippen LogP contribution in [-0.4, -0.2) is 16.2 Å². The van der Waals surface area contributed by atoms with Crippen molar-refractivity contribution in [1.29, 1.82) is 0 Å². The highest BCUT2D eigenvalue weighted by Gasteiger charge is 2.48. The molecule has 0 saturated carbocycles. The molecule has 0 amide bonds. The van der Waals surface area contributed by atoms with Gasteiger partial charge in [-0.1, -0.05) is 44.0 Å². The van der Waals surface area contributed by atoms with Gasteiger partial charge >= 0.3 is 5.97 Å². The molecule has 19 heavy (non-hydrogen) atoms. The van der Waals surface area contributed by atoms with Crippen LogP contribution in [0, 0.1) is 0 Å². The molecule has 2 aromatic rings. The zero-order valence-electron chi connectivity index (χ0n) is 9.52. The zero-order chi connectivity index (χ0) is 13.8. The van der Waals surface area contributed by atoms with Crippen LogP contribution in [0.5, 0.6) is 0 Å². The molecule has 96 valence electrons. The number of rotatable bonds is 1. The van der Waals surface area contributed by atoms with E-state index in [-0.39, 0.29) is 0 Å². The van der Waals surface area contributed by atoms with Crippen molar-refractivity contribution >= 4 is 37.8 Å². The molecule has 3 rings (SSSR count). The highest BCUT2D eigenvalue weighted by atomic mass is 79.9. The summed E-state index contributed by atoms with van der Waals surface area (Å²) in [5.74, 6) is -1.27. The number of hydrogen-bond donors (Lipinski definition) is 2. The van der Waals surface area contributed by atoms with Gasteiger partial charge in [0.05, 0.1) is 0 Å². The van der Waals surface area contributed by atoms with E-state index in [2.05, 4.69) is 31.9 Å². The van der Waals surface area contributed by atoms with Gasteiger partial charge in [-0.2, -0.15) is 0 Å². The van der Waals surface area contributed by atoms with Gasteiger partial charge in [-0.25, -0.2) is 4.79 Å². The number of carboxylic acid groups (broad SMARTS) is 1. The fraction of sp³-hybridized carbons (Fsp3) is 0.0714. The quantitative estimate of drug-likeness (QED) is 0.792. The maximum Gasteiger partial charge on any atom is 0.345 e. The van der Waals surface area contributed by atoms with E-state index in [1.165, 1.54) is 0 Å². The summed E-state index contributed by atoms with van der Waals surface area (Å²) in [6.07, 6.45) is 0. The Morgan fingerprint density at radius 1 is 0.947 bits per heavy atom. The third kappa shape index (κ3) is 1.69. The van der Waals surface area contributed by atoms with Crippen LogP contribution in [0.2, 0.25) is 0 Å². The van der Waals surface area contributed by atoms with E-state index < -0.39 is 11.6 Å². The van der Waals surface area contributed by atoms with Crippen LogP contribution >= 0.6 is 31.9 Å². The topological polar surface area (TPSA) is 57.5 Å². The first-order valence-electron chi connectivity index (χ1n) is 5.51. The summed E-state index contributed by atoms with van der Waals surface area (Å²) in [4.78, 5) is 11.5. The fourth-order valence-corrected chi connectivity index (χ4v) is 3.21. The van der Waals surface area contributed by atoms with Crippen molar-refractivity contribution in [1.82, 2.24) is 0 Å². The lowest BCUT2D eigenvalue weighted by atomic mass is 9.92. The van der Waals surface area contributed by atoms with Gasteiger partial charge in [-0.05, 0) is 35.4 Å². The predicted octanol–water partition coefficient (Wildman–Crippen LogP) is 3.51. The summed E-state index contributed by atoms with van der Waals surface area (Å²) in [6, 6.07) is 10.4. The minimum Gasteiger partial charge on any atom is -0.479 e. The van der Waals surface area contributed by atoms with Gasteiger partial charge < -0.3 is 10.2 Å². The number of carbonyl (C=O) groups is 1. The molecule has 2 aromatic carbocycles. The second kappa shape index (κ2) is 4.16. The molecular formula is C14H8Br2O3. The molecule has 1 aliphatic rings. The number of halogens is 2. The van der Waals surface area contributed by atoms with Crippen LogP contribution in [0.25, 0.3) is 11.1 Å². The summed E-state index contributed by atoms with van der Waals surface area (Å²) >= 11 is 6.74. The summed E-state index contributed by atoms with van der Waals surface area (Å²) < 4.78 is 1.68. The lowest BCUT2D eigenvalue weighted by Crippen LogP contribution is -2.34. The van der Waals surface area contributed by atoms with Crippen molar-refractivity contribution in [2.75, 3.05) is 0 Å². The number of benzene rings is 2. The Kier molecular flexibility index (Phi) is 2.81. The average Bonchev–Trinajstić information content (AvgIpc) is 2.60. The van der Waals surface area contributed by atoms with E-state index in [0.717, 1.165) is 20.1 Å². The van der Waals surface area contributed by atoms with E-state index >= 15 is 0 Å². The molecule has 0 bridgehead atoms. The number of aliphatic carboxylic acids is 1. The van der Waals surface area contributed by atoms with Crippen molar-refractivity contribution in [2.45, 2.75) is 5.60 Å². The van der Waals surface area contributed by atoms with Crippen LogP contribution in [0.1, 0.15) is 11.1 Å². The molecule has 2 N–H and O–H groups in total. The van der Waals surface area contributed by atoms with Gasteiger partial charge in [0.15, 0.2) is 0 Å². The van der Waals surface area contributed by atoms with Crippen molar-refractivity contribution < 1.29 is 15.0 Å². The zero-order valence-corrected chi connectivity index (χ0v) is 12.7. The molecule has 0 aromatic heterocycles. The van der Waals surface area contributed by atoms with Crippen LogP contribution in [0.4, 0.5) is 0 Å². The van der Waals surface area contributed by atoms with E-state index in [4.69, 9.17) is 0 Å². The molecule has 0 atom stereocenters. The number of aliphatic hydroxyl groups is 1. The van der Waals surface area contributed by atoms with Crippen molar-refractivity contribution in [3.63, 3.8) is 0 Å². The normalized spacial score (nSPS) is 14.9. The first-order valence-corrected chi connectivity index (χ1v) is 7.09. The van der Waals surface area contributed by atoms with Gasteiger partial charge in [0.2, 0.25) is 5.60 Å². The van der Waals surface area contributed by atoms with Gasteiger partial charge in [-0.15, -0.1) is 0 Å². The minimum atomic E-state index is -1.98. The summed E-state index contributed by atoms with van der Waals surface area (Å²) in [5, 5.41) is 20.1. The lowest BCUT2D eigenvalue weighted by Gasteiger charge is -2.20. The first kappa shape index (κ1) is 12.8. The monoisotopic (exact) mass is 382 g/mol. The molecule has 0 spiro atoms. The largest absolute Gasteiger partial charge is 0.479 e. The fourth-order valence-electron chi connectivity index (χ4n) is 2.49. The molecule has 0 radical (unpaired) electrons. The van der Waals surface area contributed by atoms with Crippen molar-refractivity contribution in [3.05, 3.63) is 56.5 Å². The Balaban J connectivity index is 2.43. The number of fused-ring (bicyclic) bond motifs is 3. The SMILES string of the molecule is O=C(O)C1(O)c2ccc(Br)cc2-c2cc(Br)ccc21. The van der Waals surface area contributed by atoms with E-state index in [1.807, 2.05) is 12.1 Å². The molecule has 5 heteroatoms. The Morgan fingerprint density at radius 3 is 1.74 bits per heavy atom. The van der Waals surface area contributed by atoms with Gasteiger partial charge in [-0.3, -0.25) is 0 Å². The Hall–Kier alpha value is -1.17. The van der Waals surface area contributed by atoms with Crippen LogP contribution in [0.15, 0.2) is 45.3 Å². The Morgan fingerprint density at radius 2 is 1.37 bits per heavy atom. The maximum atomic E-state index is 11.5. The van der Waals surface area contributed by atoms with Crippen LogP contribution in [-0.2, 0) is 10.4 Å². The highest BCUT2D eigenvalue weighted by molar-refractivity contribution is 9.10. The molecule has 0 heterocycles. The maximum absolute atomic E-state index is 11.5. The van der Waals surface area contributed by atoms with Gasteiger partial charge in [0, 0.05) is 20.1 Å². The third-order valence-corrected chi connectivity index (χ3v) is 4.33. The molecule has 1 aliphatic carbocycles. The number of hydrogen-bond acceptors (Lipinski definition) is 2. The van der Waals surface area contributed by atoms with Crippen LogP contribution < -0.4 is 0 Å². The third-order valence-electron chi connectivity index (χ3n) is 3.34. The molecular weight excluding hydrogens is 376 g/mol. The van der Waals surface area contributed by atoms with Crippen molar-refractivity contribution in [3.8, 4) is 11.1 Å². The summed E-state index contributed by atoms with van der Waals surface area (Å²) in [5.41, 5.74) is 0.283. The first-order chi connectivity index (χ1) is 8.94. The van der Waals surface area contributed by atoms with Gasteiger partial charge in [0.25, 0.3) is 0 Å².